The molecule has 0 atom stereocenters. The summed E-state index contributed by atoms with van der Waals surface area (Å²) in [5.74, 6) is -0.552. The van der Waals surface area contributed by atoms with Crippen molar-refractivity contribution in [2.45, 2.75) is 0 Å². The Hall–Kier alpha value is -0.970. The molecule has 2 N–H and O–H groups in total. The zero-order valence-electron chi connectivity index (χ0n) is 3.79. The molecule has 0 bridgehead atoms. The molecule has 0 spiro atoms. The van der Waals surface area contributed by atoms with Gasteiger partial charge in [-0.3, -0.25) is 4.79 Å². The topological polar surface area (TPSA) is 68.9 Å². The fourth-order valence-electron chi connectivity index (χ4n) is 0.249. The SMILES string of the molecule is NC(=O)c1nn[c]s1. The number of amides is 1. The molecule has 0 fully saturated rings. The summed E-state index contributed by atoms with van der Waals surface area (Å²) >= 11 is 1.01. The largest absolute Gasteiger partial charge is 0.363 e. The number of rotatable bonds is 1. The first-order chi connectivity index (χ1) is 3.80. The Morgan fingerprint density at radius 3 is 2.88 bits per heavy atom. The fraction of sp³-hybridized carbons (Fsp3) is 0. The average molecular weight is 128 g/mol. The van der Waals surface area contributed by atoms with Crippen LogP contribution in [0.5, 0.6) is 0 Å². The highest BCUT2D eigenvalue weighted by Gasteiger charge is 2.01. The number of carbonyl (C=O) groups is 1. The molecular formula is C3H2N3OS. The molecule has 0 aliphatic carbocycles. The van der Waals surface area contributed by atoms with E-state index in [0.717, 1.165) is 11.3 Å². The second-order valence-electron chi connectivity index (χ2n) is 1.06. The molecule has 0 aliphatic heterocycles. The van der Waals surface area contributed by atoms with Gasteiger partial charge in [-0.05, 0) is 0 Å². The smallest absolute Gasteiger partial charge is 0.279 e. The van der Waals surface area contributed by atoms with Gasteiger partial charge in [-0.1, -0.05) is 11.3 Å². The number of primary amides is 1. The third-order valence-corrected chi connectivity index (χ3v) is 1.18. The number of hydrogen-bond donors (Lipinski definition) is 1. The summed E-state index contributed by atoms with van der Waals surface area (Å²) in [7, 11) is 0. The van der Waals surface area contributed by atoms with Gasteiger partial charge in [0.2, 0.25) is 5.01 Å². The molecular weight excluding hydrogens is 126 g/mol. The van der Waals surface area contributed by atoms with Crippen LogP contribution in [0.2, 0.25) is 0 Å². The fourth-order valence-corrected chi connectivity index (χ4v) is 0.600. The molecule has 1 aromatic heterocycles. The predicted octanol–water partition coefficient (Wildman–Crippen LogP) is -0.563. The van der Waals surface area contributed by atoms with Crippen molar-refractivity contribution in [3.8, 4) is 0 Å². The summed E-state index contributed by atoms with van der Waals surface area (Å²) in [6.07, 6.45) is 0. The highest BCUT2D eigenvalue weighted by molar-refractivity contribution is 7.10. The molecule has 41 valence electrons. The molecule has 8 heavy (non-hydrogen) atoms. The Morgan fingerprint density at radius 1 is 1.88 bits per heavy atom. The Morgan fingerprint density at radius 2 is 2.62 bits per heavy atom. The minimum Gasteiger partial charge on any atom is -0.363 e. The van der Waals surface area contributed by atoms with Gasteiger partial charge in [0, 0.05) is 0 Å². The van der Waals surface area contributed by atoms with E-state index in [9.17, 15) is 4.79 Å². The first kappa shape index (κ1) is 5.17. The molecule has 0 unspecified atom stereocenters. The summed E-state index contributed by atoms with van der Waals surface area (Å²) in [4.78, 5) is 10.2. The van der Waals surface area contributed by atoms with Crippen molar-refractivity contribution in [2.24, 2.45) is 5.73 Å². The van der Waals surface area contributed by atoms with Crippen LogP contribution in [0.25, 0.3) is 0 Å². The van der Waals surface area contributed by atoms with E-state index >= 15 is 0 Å². The van der Waals surface area contributed by atoms with Crippen molar-refractivity contribution in [1.82, 2.24) is 10.2 Å². The quantitative estimate of drug-likeness (QED) is 0.551. The highest BCUT2D eigenvalue weighted by Crippen LogP contribution is 1.96. The molecule has 0 saturated carbocycles. The zero-order chi connectivity index (χ0) is 5.98. The lowest BCUT2D eigenvalue weighted by Crippen LogP contribution is -2.10. The van der Waals surface area contributed by atoms with E-state index in [0.29, 0.717) is 0 Å². The van der Waals surface area contributed by atoms with Crippen LogP contribution in [-0.2, 0) is 0 Å². The van der Waals surface area contributed by atoms with Gasteiger partial charge in [0.05, 0.1) is 0 Å². The van der Waals surface area contributed by atoms with Crippen LogP contribution in [-0.4, -0.2) is 16.1 Å². The second kappa shape index (κ2) is 1.87. The molecule has 1 aromatic rings. The second-order valence-corrected chi connectivity index (χ2v) is 1.84. The maximum Gasteiger partial charge on any atom is 0.279 e. The number of nitrogens with zero attached hydrogens (tertiary/aromatic N) is 2. The lowest BCUT2D eigenvalue weighted by atomic mass is 10.7. The molecule has 0 aliphatic rings. The van der Waals surface area contributed by atoms with Crippen LogP contribution in [0, 0.1) is 5.51 Å². The molecule has 1 heterocycles. The van der Waals surface area contributed by atoms with Crippen molar-refractivity contribution in [3.05, 3.63) is 10.5 Å². The van der Waals surface area contributed by atoms with Crippen LogP contribution >= 0.6 is 11.3 Å². The first-order valence-electron chi connectivity index (χ1n) is 1.80. The van der Waals surface area contributed by atoms with Gasteiger partial charge >= 0.3 is 0 Å². The number of carbonyl (C=O) groups excluding carboxylic acids is 1. The summed E-state index contributed by atoms with van der Waals surface area (Å²) in [6.45, 7) is 0. The summed E-state index contributed by atoms with van der Waals surface area (Å²) in [5, 5.41) is 6.84. The highest BCUT2D eigenvalue weighted by atomic mass is 32.1. The standard InChI is InChI=1S/C3H2N3OS/c4-2(7)3-6-5-1-8-3/h(H2,4,7). The van der Waals surface area contributed by atoms with Gasteiger partial charge in [-0.15, -0.1) is 10.2 Å². The third kappa shape index (κ3) is 0.812. The van der Waals surface area contributed by atoms with Gasteiger partial charge in [-0.25, -0.2) is 0 Å². The van der Waals surface area contributed by atoms with E-state index in [-0.39, 0.29) is 5.01 Å². The van der Waals surface area contributed by atoms with Gasteiger partial charge < -0.3 is 5.73 Å². The molecule has 1 rings (SSSR count). The molecule has 0 saturated heterocycles. The molecule has 5 heteroatoms. The summed E-state index contributed by atoms with van der Waals surface area (Å²) < 4.78 is 0. The van der Waals surface area contributed by atoms with Crippen molar-refractivity contribution in [3.63, 3.8) is 0 Å². The van der Waals surface area contributed by atoms with Crippen molar-refractivity contribution >= 4 is 17.2 Å². The van der Waals surface area contributed by atoms with Gasteiger partial charge in [0.1, 0.15) is 0 Å². The van der Waals surface area contributed by atoms with Crippen LogP contribution in [0.3, 0.4) is 0 Å². The van der Waals surface area contributed by atoms with Crippen LogP contribution in [0.1, 0.15) is 9.80 Å². The van der Waals surface area contributed by atoms with Gasteiger partial charge in [0.15, 0.2) is 5.51 Å². The molecule has 1 amide bonds. The molecule has 0 aromatic carbocycles. The van der Waals surface area contributed by atoms with E-state index in [2.05, 4.69) is 15.7 Å². The van der Waals surface area contributed by atoms with E-state index in [4.69, 9.17) is 5.73 Å². The van der Waals surface area contributed by atoms with Crippen molar-refractivity contribution in [2.75, 3.05) is 0 Å². The minimum atomic E-state index is -0.552. The average Bonchev–Trinajstić information content (AvgIpc) is 2.12. The number of nitrogens with two attached hydrogens (primary N) is 1. The van der Waals surface area contributed by atoms with Gasteiger partial charge in [-0.2, -0.15) is 0 Å². The molecule has 4 nitrogen and oxygen atoms in total. The van der Waals surface area contributed by atoms with Crippen molar-refractivity contribution < 1.29 is 4.79 Å². The maximum absolute atomic E-state index is 10.2. The third-order valence-electron chi connectivity index (χ3n) is 0.535. The Balaban J connectivity index is 2.93. The monoisotopic (exact) mass is 128 g/mol. The minimum absolute atomic E-state index is 0.199. The number of aromatic nitrogens is 2. The summed E-state index contributed by atoms with van der Waals surface area (Å²) in [5.41, 5.74) is 7.20. The maximum atomic E-state index is 10.2. The molecule has 1 radical (unpaired) electrons. The lowest BCUT2D eigenvalue weighted by Gasteiger charge is -1.76. The van der Waals surface area contributed by atoms with E-state index < -0.39 is 5.91 Å². The summed E-state index contributed by atoms with van der Waals surface area (Å²) in [6, 6.07) is 0. The Labute approximate surface area is 49.3 Å². The van der Waals surface area contributed by atoms with Crippen LogP contribution in [0.15, 0.2) is 0 Å². The predicted molar refractivity (Wildman–Crippen MR) is 27.3 cm³/mol. The first-order valence-corrected chi connectivity index (χ1v) is 2.61. The number of hydrogen-bond acceptors (Lipinski definition) is 4. The Kier molecular flexibility index (Phi) is 1.21. The van der Waals surface area contributed by atoms with Crippen LogP contribution in [0.4, 0.5) is 0 Å². The normalized spacial score (nSPS) is 9.00. The van der Waals surface area contributed by atoms with E-state index in [1.165, 1.54) is 0 Å². The van der Waals surface area contributed by atoms with Crippen molar-refractivity contribution in [1.29, 1.82) is 0 Å². The van der Waals surface area contributed by atoms with E-state index in [1.54, 1.807) is 0 Å². The zero-order valence-corrected chi connectivity index (χ0v) is 4.60. The Bertz CT molecular complexity index is 182. The lowest BCUT2D eigenvalue weighted by molar-refractivity contribution is 0.0999. The van der Waals surface area contributed by atoms with E-state index in [1.807, 2.05) is 0 Å². The van der Waals surface area contributed by atoms with Crippen LogP contribution < -0.4 is 5.73 Å². The van der Waals surface area contributed by atoms with Gasteiger partial charge in [0.25, 0.3) is 5.91 Å².